The predicted octanol–water partition coefficient (Wildman–Crippen LogP) is 1.59. The molecule has 0 saturated carbocycles. The third kappa shape index (κ3) is 2.29. The maximum absolute atomic E-state index is 11.5. The first-order valence-corrected chi connectivity index (χ1v) is 6.91. The molecule has 0 spiro atoms. The first kappa shape index (κ1) is 13.1. The van der Waals surface area contributed by atoms with E-state index in [0.717, 1.165) is 24.4 Å². The van der Waals surface area contributed by atoms with Crippen molar-refractivity contribution in [3.05, 3.63) is 35.6 Å². The van der Waals surface area contributed by atoms with Gasteiger partial charge in [0, 0.05) is 18.9 Å². The molecule has 2 aliphatic heterocycles. The highest BCUT2D eigenvalue weighted by atomic mass is 16.5. The quantitative estimate of drug-likeness (QED) is 0.788. The fourth-order valence-corrected chi connectivity index (χ4v) is 2.92. The Morgan fingerprint density at radius 1 is 1.50 bits per heavy atom. The van der Waals surface area contributed by atoms with Crippen LogP contribution in [0.15, 0.2) is 40.6 Å². The second-order valence-corrected chi connectivity index (χ2v) is 5.31. The zero-order valence-corrected chi connectivity index (χ0v) is 11.5. The van der Waals surface area contributed by atoms with Gasteiger partial charge in [0.1, 0.15) is 5.84 Å². The van der Waals surface area contributed by atoms with Crippen LogP contribution in [0, 0.1) is 5.92 Å². The van der Waals surface area contributed by atoms with Gasteiger partial charge in [-0.1, -0.05) is 24.3 Å². The van der Waals surface area contributed by atoms with E-state index in [1.165, 1.54) is 0 Å². The average Bonchev–Trinajstić information content (AvgIpc) is 2.46. The maximum Gasteiger partial charge on any atom is 0.354 e. The summed E-state index contributed by atoms with van der Waals surface area (Å²) < 4.78 is 5.43. The number of amidine groups is 1. The van der Waals surface area contributed by atoms with Gasteiger partial charge >= 0.3 is 5.97 Å². The van der Waals surface area contributed by atoms with Gasteiger partial charge in [-0.05, 0) is 12.5 Å². The highest BCUT2D eigenvalue weighted by molar-refractivity contribution is 5.96. The summed E-state index contributed by atoms with van der Waals surface area (Å²) in [4.78, 5) is 18.1. The van der Waals surface area contributed by atoms with Gasteiger partial charge in [0.25, 0.3) is 0 Å². The van der Waals surface area contributed by atoms with Crippen LogP contribution in [-0.2, 0) is 9.53 Å². The summed E-state index contributed by atoms with van der Waals surface area (Å²) >= 11 is 0. The maximum atomic E-state index is 11.5. The summed E-state index contributed by atoms with van der Waals surface area (Å²) in [6.45, 7) is 4.19. The number of carbonyl (C=O) groups is 1. The van der Waals surface area contributed by atoms with Crippen molar-refractivity contribution in [1.82, 2.24) is 4.90 Å². The third-order valence-corrected chi connectivity index (χ3v) is 3.95. The standard InChI is InChI=1S/C15H18N2O3/c1-10-9-20-7-6-17(10)13-8-11-4-2-3-5-12(11)14(16-13)15(18)19/h2-5,10-11H,6-9H2,1H3,(H,18,19). The van der Waals surface area contributed by atoms with Crippen molar-refractivity contribution in [2.75, 3.05) is 19.8 Å². The van der Waals surface area contributed by atoms with Crippen molar-refractivity contribution in [3.8, 4) is 0 Å². The molecule has 1 aliphatic carbocycles. The second kappa shape index (κ2) is 5.25. The Bertz CT molecular complexity index is 545. The zero-order valence-electron chi connectivity index (χ0n) is 11.5. The fourth-order valence-electron chi connectivity index (χ4n) is 2.92. The van der Waals surface area contributed by atoms with E-state index in [4.69, 9.17) is 4.74 Å². The number of carboxylic acid groups (broad SMARTS) is 1. The molecule has 2 heterocycles. The van der Waals surface area contributed by atoms with Gasteiger partial charge in [0.2, 0.25) is 0 Å². The molecule has 0 radical (unpaired) electrons. The minimum atomic E-state index is -0.955. The lowest BCUT2D eigenvalue weighted by molar-refractivity contribution is -0.132. The molecule has 0 aromatic rings. The number of aliphatic carboxylic acids is 1. The van der Waals surface area contributed by atoms with Crippen molar-refractivity contribution in [2.24, 2.45) is 10.9 Å². The van der Waals surface area contributed by atoms with Crippen LogP contribution >= 0.6 is 0 Å². The molecule has 1 fully saturated rings. The van der Waals surface area contributed by atoms with Crippen molar-refractivity contribution >= 4 is 11.8 Å². The van der Waals surface area contributed by atoms with Crippen LogP contribution in [0.4, 0.5) is 0 Å². The highest BCUT2D eigenvalue weighted by Gasteiger charge is 2.31. The molecule has 1 N–H and O–H groups in total. The normalized spacial score (nSPS) is 29.2. The van der Waals surface area contributed by atoms with E-state index in [9.17, 15) is 9.90 Å². The lowest BCUT2D eigenvalue weighted by Gasteiger charge is -2.38. The lowest BCUT2D eigenvalue weighted by Crippen LogP contribution is -2.48. The summed E-state index contributed by atoms with van der Waals surface area (Å²) in [6.07, 6.45) is 8.51. The van der Waals surface area contributed by atoms with Crippen molar-refractivity contribution < 1.29 is 14.6 Å². The molecule has 3 rings (SSSR count). The first-order valence-electron chi connectivity index (χ1n) is 6.91. The van der Waals surface area contributed by atoms with Crippen LogP contribution in [0.1, 0.15) is 13.3 Å². The van der Waals surface area contributed by atoms with Crippen LogP contribution < -0.4 is 0 Å². The molecule has 20 heavy (non-hydrogen) atoms. The second-order valence-electron chi connectivity index (χ2n) is 5.31. The summed E-state index contributed by atoms with van der Waals surface area (Å²) in [6, 6.07) is 0.238. The van der Waals surface area contributed by atoms with Crippen LogP contribution in [0.25, 0.3) is 0 Å². The number of morpholine rings is 1. The number of ether oxygens (including phenoxy) is 1. The Balaban J connectivity index is 1.96. The Hall–Kier alpha value is -1.88. The van der Waals surface area contributed by atoms with Gasteiger partial charge < -0.3 is 14.7 Å². The molecule has 5 nitrogen and oxygen atoms in total. The zero-order chi connectivity index (χ0) is 14.1. The Labute approximate surface area is 117 Å². The number of fused-ring (bicyclic) bond motifs is 1. The van der Waals surface area contributed by atoms with Gasteiger partial charge in [-0.2, -0.15) is 0 Å². The van der Waals surface area contributed by atoms with E-state index in [-0.39, 0.29) is 17.7 Å². The van der Waals surface area contributed by atoms with Crippen molar-refractivity contribution in [1.29, 1.82) is 0 Å². The van der Waals surface area contributed by atoms with E-state index in [0.29, 0.717) is 13.2 Å². The van der Waals surface area contributed by atoms with Gasteiger partial charge in [-0.25, -0.2) is 9.79 Å². The minimum absolute atomic E-state index is 0.119. The molecule has 2 unspecified atom stereocenters. The number of nitrogens with zero attached hydrogens (tertiary/aromatic N) is 2. The molecule has 0 bridgehead atoms. The van der Waals surface area contributed by atoms with E-state index in [1.54, 1.807) is 0 Å². The molecule has 1 saturated heterocycles. The predicted molar refractivity (Wildman–Crippen MR) is 75.5 cm³/mol. The number of hydrogen-bond donors (Lipinski definition) is 1. The first-order chi connectivity index (χ1) is 9.66. The number of allylic oxidation sites excluding steroid dienone is 5. The van der Waals surface area contributed by atoms with E-state index in [2.05, 4.69) is 22.9 Å². The molecule has 2 atom stereocenters. The number of carboxylic acids is 1. The number of hydrogen-bond acceptors (Lipinski definition) is 4. The van der Waals surface area contributed by atoms with Gasteiger partial charge in [-0.15, -0.1) is 0 Å². The Morgan fingerprint density at radius 2 is 2.35 bits per heavy atom. The van der Waals surface area contributed by atoms with Gasteiger partial charge in [-0.3, -0.25) is 0 Å². The monoisotopic (exact) mass is 274 g/mol. The van der Waals surface area contributed by atoms with Crippen molar-refractivity contribution in [3.63, 3.8) is 0 Å². The lowest BCUT2D eigenvalue weighted by atomic mass is 9.87. The molecular weight excluding hydrogens is 256 g/mol. The fraction of sp³-hybridized carbons (Fsp3) is 0.467. The number of rotatable bonds is 1. The highest BCUT2D eigenvalue weighted by Crippen LogP contribution is 2.32. The van der Waals surface area contributed by atoms with Crippen molar-refractivity contribution in [2.45, 2.75) is 19.4 Å². The Morgan fingerprint density at radius 3 is 3.10 bits per heavy atom. The third-order valence-electron chi connectivity index (χ3n) is 3.95. The largest absolute Gasteiger partial charge is 0.477 e. The van der Waals surface area contributed by atoms with E-state index >= 15 is 0 Å². The summed E-state index contributed by atoms with van der Waals surface area (Å²) in [7, 11) is 0. The van der Waals surface area contributed by atoms with Gasteiger partial charge in [0.05, 0.1) is 19.3 Å². The van der Waals surface area contributed by atoms with E-state index < -0.39 is 5.97 Å². The topological polar surface area (TPSA) is 62.1 Å². The van der Waals surface area contributed by atoms with Crippen LogP contribution in [-0.4, -0.2) is 47.6 Å². The van der Waals surface area contributed by atoms with E-state index in [1.807, 2.05) is 18.2 Å². The SMILES string of the molecule is CC1COCCN1C1=NC(C(=O)O)=C2C=CC=CC2C1. The van der Waals surface area contributed by atoms with Crippen LogP contribution in [0.5, 0.6) is 0 Å². The molecule has 0 amide bonds. The van der Waals surface area contributed by atoms with Crippen LogP contribution in [0.3, 0.4) is 0 Å². The smallest absolute Gasteiger partial charge is 0.354 e. The number of aliphatic imine (C=N–C) groups is 1. The summed E-state index contributed by atoms with van der Waals surface area (Å²) in [5.74, 6) is 0.0311. The summed E-state index contributed by atoms with van der Waals surface area (Å²) in [5, 5.41) is 9.39. The molecule has 3 aliphatic rings. The minimum Gasteiger partial charge on any atom is -0.477 e. The summed E-state index contributed by atoms with van der Waals surface area (Å²) in [5.41, 5.74) is 0.986. The molecule has 5 heteroatoms. The molecule has 0 aromatic heterocycles. The van der Waals surface area contributed by atoms with Crippen LogP contribution in [0.2, 0.25) is 0 Å². The molecular formula is C15H18N2O3. The van der Waals surface area contributed by atoms with Gasteiger partial charge in [0.15, 0.2) is 5.70 Å². The Kier molecular flexibility index (Phi) is 3.44. The molecule has 0 aromatic carbocycles. The average molecular weight is 274 g/mol. The molecule has 106 valence electrons.